The van der Waals surface area contributed by atoms with E-state index in [1.54, 1.807) is 18.9 Å². The SMILES string of the molecule is COC(=O)C(C)CN(C)C(=O)C1CCOCC1. The molecule has 98 valence electrons. The van der Waals surface area contributed by atoms with Gasteiger partial charge in [-0.2, -0.15) is 0 Å². The first-order valence-electron chi connectivity index (χ1n) is 5.96. The number of carbonyl (C=O) groups excluding carboxylic acids is 2. The standard InChI is InChI=1S/C12H21NO4/c1-9(12(15)16-3)8-13(2)11(14)10-4-6-17-7-5-10/h9-10H,4-8H2,1-3H3. The van der Waals surface area contributed by atoms with Gasteiger partial charge >= 0.3 is 5.97 Å². The Morgan fingerprint density at radius 1 is 1.41 bits per heavy atom. The molecule has 1 rings (SSSR count). The summed E-state index contributed by atoms with van der Waals surface area (Å²) in [5, 5.41) is 0. The van der Waals surface area contributed by atoms with E-state index in [4.69, 9.17) is 4.74 Å². The minimum Gasteiger partial charge on any atom is -0.469 e. The molecular formula is C12H21NO4. The molecule has 0 bridgehead atoms. The molecule has 1 heterocycles. The van der Waals surface area contributed by atoms with Crippen LogP contribution in [0.3, 0.4) is 0 Å². The normalized spacial score (nSPS) is 18.5. The first-order valence-corrected chi connectivity index (χ1v) is 5.96. The summed E-state index contributed by atoms with van der Waals surface area (Å²) in [5.74, 6) is -0.423. The first-order chi connectivity index (χ1) is 8.06. The smallest absolute Gasteiger partial charge is 0.310 e. The summed E-state index contributed by atoms with van der Waals surface area (Å²) in [6.45, 7) is 3.47. The lowest BCUT2D eigenvalue weighted by atomic mass is 9.98. The van der Waals surface area contributed by atoms with E-state index < -0.39 is 0 Å². The summed E-state index contributed by atoms with van der Waals surface area (Å²) < 4.78 is 9.86. The topological polar surface area (TPSA) is 55.8 Å². The van der Waals surface area contributed by atoms with E-state index in [0.717, 1.165) is 12.8 Å². The van der Waals surface area contributed by atoms with Gasteiger partial charge in [0.25, 0.3) is 0 Å². The Balaban J connectivity index is 2.43. The molecule has 1 atom stereocenters. The highest BCUT2D eigenvalue weighted by molar-refractivity contribution is 5.79. The Bertz CT molecular complexity index is 274. The summed E-state index contributed by atoms with van der Waals surface area (Å²) in [6, 6.07) is 0. The van der Waals surface area contributed by atoms with Crippen LogP contribution >= 0.6 is 0 Å². The van der Waals surface area contributed by atoms with E-state index >= 15 is 0 Å². The van der Waals surface area contributed by atoms with Gasteiger partial charge in [0.15, 0.2) is 0 Å². The lowest BCUT2D eigenvalue weighted by Crippen LogP contribution is -2.39. The van der Waals surface area contributed by atoms with Crippen LogP contribution in [0.2, 0.25) is 0 Å². The van der Waals surface area contributed by atoms with Crippen LogP contribution in [0.25, 0.3) is 0 Å². The van der Waals surface area contributed by atoms with Crippen LogP contribution in [0.4, 0.5) is 0 Å². The number of carbonyl (C=O) groups is 2. The molecular weight excluding hydrogens is 222 g/mol. The lowest BCUT2D eigenvalue weighted by molar-refractivity contribution is -0.147. The van der Waals surface area contributed by atoms with Crippen LogP contribution in [0.5, 0.6) is 0 Å². The molecule has 5 nitrogen and oxygen atoms in total. The quantitative estimate of drug-likeness (QED) is 0.681. The Kier molecular flexibility index (Phi) is 5.41. The third-order valence-corrected chi connectivity index (χ3v) is 3.10. The van der Waals surface area contributed by atoms with E-state index in [0.29, 0.717) is 19.8 Å². The molecule has 17 heavy (non-hydrogen) atoms. The van der Waals surface area contributed by atoms with E-state index in [1.165, 1.54) is 7.11 Å². The average Bonchev–Trinajstić information content (AvgIpc) is 2.37. The van der Waals surface area contributed by atoms with Gasteiger partial charge < -0.3 is 14.4 Å². The molecule has 0 aromatic carbocycles. The van der Waals surface area contributed by atoms with Crippen molar-refractivity contribution in [3.63, 3.8) is 0 Å². The van der Waals surface area contributed by atoms with Gasteiger partial charge in [-0.05, 0) is 12.8 Å². The lowest BCUT2D eigenvalue weighted by Gasteiger charge is -2.27. The average molecular weight is 243 g/mol. The highest BCUT2D eigenvalue weighted by Crippen LogP contribution is 2.17. The van der Waals surface area contributed by atoms with Crippen molar-refractivity contribution in [3.05, 3.63) is 0 Å². The van der Waals surface area contributed by atoms with Crippen LogP contribution in [0, 0.1) is 11.8 Å². The van der Waals surface area contributed by atoms with Crippen molar-refractivity contribution in [1.82, 2.24) is 4.90 Å². The van der Waals surface area contributed by atoms with E-state index in [2.05, 4.69) is 4.74 Å². The number of esters is 1. The molecule has 0 saturated carbocycles. The predicted molar refractivity (Wildman–Crippen MR) is 62.4 cm³/mol. The van der Waals surface area contributed by atoms with Gasteiger partial charge in [0, 0.05) is 32.7 Å². The van der Waals surface area contributed by atoms with Crippen molar-refractivity contribution in [1.29, 1.82) is 0 Å². The van der Waals surface area contributed by atoms with E-state index in [-0.39, 0.29) is 23.7 Å². The minimum absolute atomic E-state index is 0.0404. The molecule has 1 aliphatic heterocycles. The summed E-state index contributed by atoms with van der Waals surface area (Å²) in [6.07, 6.45) is 1.55. The Hall–Kier alpha value is -1.10. The van der Waals surface area contributed by atoms with Crippen LogP contribution in [-0.2, 0) is 19.1 Å². The van der Waals surface area contributed by atoms with Crippen LogP contribution in [0.1, 0.15) is 19.8 Å². The van der Waals surface area contributed by atoms with Gasteiger partial charge in [-0.25, -0.2) is 0 Å². The molecule has 1 unspecified atom stereocenters. The Labute approximate surface area is 102 Å². The molecule has 0 radical (unpaired) electrons. The van der Waals surface area contributed by atoms with Gasteiger partial charge in [0.1, 0.15) is 0 Å². The fourth-order valence-electron chi connectivity index (χ4n) is 2.03. The fourth-order valence-corrected chi connectivity index (χ4v) is 2.03. The Morgan fingerprint density at radius 2 is 2.00 bits per heavy atom. The second-order valence-electron chi connectivity index (χ2n) is 4.53. The number of methoxy groups -OCH3 is 1. The molecule has 5 heteroatoms. The zero-order valence-electron chi connectivity index (χ0n) is 10.8. The first kappa shape index (κ1) is 14.0. The zero-order chi connectivity index (χ0) is 12.8. The second kappa shape index (κ2) is 6.59. The minimum atomic E-state index is -0.284. The number of hydrogen-bond donors (Lipinski definition) is 0. The van der Waals surface area contributed by atoms with E-state index in [1.807, 2.05) is 0 Å². The summed E-state index contributed by atoms with van der Waals surface area (Å²) in [5.41, 5.74) is 0. The molecule has 0 spiro atoms. The number of ether oxygens (including phenoxy) is 2. The number of nitrogens with zero attached hydrogens (tertiary/aromatic N) is 1. The van der Waals surface area contributed by atoms with Crippen LogP contribution in [0.15, 0.2) is 0 Å². The summed E-state index contributed by atoms with van der Waals surface area (Å²) in [7, 11) is 3.09. The second-order valence-corrected chi connectivity index (χ2v) is 4.53. The zero-order valence-corrected chi connectivity index (χ0v) is 10.8. The van der Waals surface area contributed by atoms with Crippen molar-refractivity contribution in [3.8, 4) is 0 Å². The molecule has 0 aromatic heterocycles. The van der Waals surface area contributed by atoms with Crippen molar-refractivity contribution in [2.75, 3.05) is 33.9 Å². The van der Waals surface area contributed by atoms with Gasteiger partial charge in [0.05, 0.1) is 13.0 Å². The van der Waals surface area contributed by atoms with Gasteiger partial charge in [0.2, 0.25) is 5.91 Å². The largest absolute Gasteiger partial charge is 0.469 e. The highest BCUT2D eigenvalue weighted by Gasteiger charge is 2.26. The van der Waals surface area contributed by atoms with Crippen molar-refractivity contribution >= 4 is 11.9 Å². The number of rotatable bonds is 4. The van der Waals surface area contributed by atoms with Crippen molar-refractivity contribution in [2.24, 2.45) is 11.8 Å². The van der Waals surface area contributed by atoms with Gasteiger partial charge in [-0.3, -0.25) is 9.59 Å². The summed E-state index contributed by atoms with van der Waals surface area (Å²) >= 11 is 0. The number of hydrogen-bond acceptors (Lipinski definition) is 4. The molecule has 0 aliphatic carbocycles. The molecule has 1 aliphatic rings. The van der Waals surface area contributed by atoms with Crippen molar-refractivity contribution in [2.45, 2.75) is 19.8 Å². The van der Waals surface area contributed by atoms with Gasteiger partial charge in [-0.1, -0.05) is 6.92 Å². The van der Waals surface area contributed by atoms with Crippen LogP contribution in [-0.4, -0.2) is 50.7 Å². The van der Waals surface area contributed by atoms with Crippen LogP contribution < -0.4 is 0 Å². The number of amides is 1. The third-order valence-electron chi connectivity index (χ3n) is 3.10. The van der Waals surface area contributed by atoms with Crippen molar-refractivity contribution < 1.29 is 19.1 Å². The Morgan fingerprint density at radius 3 is 2.53 bits per heavy atom. The predicted octanol–water partition coefficient (Wildman–Crippen LogP) is 0.680. The molecule has 0 N–H and O–H groups in total. The highest BCUT2D eigenvalue weighted by atomic mass is 16.5. The maximum Gasteiger partial charge on any atom is 0.310 e. The van der Waals surface area contributed by atoms with Gasteiger partial charge in [-0.15, -0.1) is 0 Å². The molecule has 1 saturated heterocycles. The molecule has 1 amide bonds. The molecule has 1 fully saturated rings. The molecule has 0 aromatic rings. The maximum atomic E-state index is 12.1. The monoisotopic (exact) mass is 243 g/mol. The van der Waals surface area contributed by atoms with E-state index in [9.17, 15) is 9.59 Å². The maximum absolute atomic E-state index is 12.1. The third kappa shape index (κ3) is 4.00. The summed E-state index contributed by atoms with van der Waals surface area (Å²) in [4.78, 5) is 25.0. The fraction of sp³-hybridized carbons (Fsp3) is 0.833.